The lowest BCUT2D eigenvalue weighted by atomic mass is 9.95. The number of benzene rings is 3. The predicted molar refractivity (Wildman–Crippen MR) is 134 cm³/mol. The van der Waals surface area contributed by atoms with E-state index in [2.05, 4.69) is 18.2 Å². The van der Waals surface area contributed by atoms with Crippen molar-refractivity contribution in [1.82, 2.24) is 5.01 Å². The van der Waals surface area contributed by atoms with Crippen molar-refractivity contribution in [2.75, 3.05) is 27.4 Å². The maximum atomic E-state index is 6.63. The third-order valence-corrected chi connectivity index (χ3v) is 6.28. The topological polar surface area (TPSA) is 61.8 Å². The molecule has 0 amide bonds. The van der Waals surface area contributed by atoms with Crippen LogP contribution in [-0.4, -0.2) is 38.2 Å². The van der Waals surface area contributed by atoms with Gasteiger partial charge in [-0.05, 0) is 67.9 Å². The summed E-state index contributed by atoms with van der Waals surface area (Å²) in [4.78, 5) is 0. The van der Waals surface area contributed by atoms with Gasteiger partial charge in [-0.2, -0.15) is 5.10 Å². The van der Waals surface area contributed by atoms with E-state index in [-0.39, 0.29) is 6.04 Å². The molecule has 3 aromatic carbocycles. The summed E-state index contributed by atoms with van der Waals surface area (Å²) in [6.07, 6.45) is 0.224. The van der Waals surface area contributed by atoms with Gasteiger partial charge in [0.1, 0.15) is 17.2 Å². The summed E-state index contributed by atoms with van der Waals surface area (Å²) in [5.74, 6) is 3.75. The fourth-order valence-electron chi connectivity index (χ4n) is 4.68. The van der Waals surface area contributed by atoms with Gasteiger partial charge in [0, 0.05) is 12.0 Å². The van der Waals surface area contributed by atoms with Gasteiger partial charge in [0.2, 0.25) is 6.23 Å². The highest BCUT2D eigenvalue weighted by molar-refractivity contribution is 6.02. The highest BCUT2D eigenvalue weighted by Gasteiger charge is 2.43. The highest BCUT2D eigenvalue weighted by atomic mass is 16.5. The molecule has 0 fully saturated rings. The molecule has 5 rings (SSSR count). The molecule has 0 aliphatic carbocycles. The zero-order valence-corrected chi connectivity index (χ0v) is 20.5. The molecule has 35 heavy (non-hydrogen) atoms. The van der Waals surface area contributed by atoms with Gasteiger partial charge < -0.3 is 23.7 Å². The maximum Gasteiger partial charge on any atom is 0.217 e. The zero-order valence-electron chi connectivity index (χ0n) is 20.5. The minimum atomic E-state index is -0.514. The Kier molecular flexibility index (Phi) is 6.40. The summed E-state index contributed by atoms with van der Waals surface area (Å²) in [6, 6.07) is 19.8. The summed E-state index contributed by atoms with van der Waals surface area (Å²) in [7, 11) is 3.31. The van der Waals surface area contributed by atoms with Crippen LogP contribution in [0.2, 0.25) is 0 Å². The van der Waals surface area contributed by atoms with E-state index >= 15 is 0 Å². The van der Waals surface area contributed by atoms with Crippen LogP contribution in [0, 0.1) is 0 Å². The first-order valence-corrected chi connectivity index (χ1v) is 11.9. The normalized spacial score (nSPS) is 18.2. The molecule has 0 spiro atoms. The molecule has 0 unspecified atom stereocenters. The number of nitrogens with zero attached hydrogens (tertiary/aromatic N) is 2. The lowest BCUT2D eigenvalue weighted by Crippen LogP contribution is -2.34. The van der Waals surface area contributed by atoms with Gasteiger partial charge in [0.25, 0.3) is 0 Å². The SMILES string of the molecule is CCOc1ccc(C2=NN3[C@H](C2)c2cccc(OCC)c2O[C@@H]3c2cc(OC)ccc2OC)cc1. The van der Waals surface area contributed by atoms with Gasteiger partial charge in [-0.25, -0.2) is 5.01 Å². The average Bonchev–Trinajstić information content (AvgIpc) is 3.35. The van der Waals surface area contributed by atoms with Gasteiger partial charge >= 0.3 is 0 Å². The second-order valence-corrected chi connectivity index (χ2v) is 8.29. The average molecular weight is 475 g/mol. The summed E-state index contributed by atoms with van der Waals surface area (Å²) in [5, 5.41) is 7.10. The molecule has 2 aliphatic heterocycles. The minimum absolute atomic E-state index is 0.0124. The van der Waals surface area contributed by atoms with Gasteiger partial charge in [-0.3, -0.25) is 0 Å². The van der Waals surface area contributed by atoms with Crippen molar-refractivity contribution >= 4 is 5.71 Å². The molecule has 182 valence electrons. The third kappa shape index (κ3) is 4.22. The summed E-state index contributed by atoms with van der Waals surface area (Å²) in [6.45, 7) is 5.14. The number of rotatable bonds is 8. The molecule has 0 saturated heterocycles. The van der Waals surface area contributed by atoms with Crippen LogP contribution in [0.25, 0.3) is 0 Å². The molecular weight excluding hydrogens is 444 g/mol. The van der Waals surface area contributed by atoms with E-state index in [9.17, 15) is 0 Å². The molecule has 0 N–H and O–H groups in total. The molecule has 0 saturated carbocycles. The van der Waals surface area contributed by atoms with Crippen LogP contribution in [0.4, 0.5) is 0 Å². The Bertz CT molecular complexity index is 1220. The number of hydrogen-bond donors (Lipinski definition) is 0. The largest absolute Gasteiger partial charge is 0.497 e. The van der Waals surface area contributed by atoms with Crippen molar-refractivity contribution in [1.29, 1.82) is 0 Å². The third-order valence-electron chi connectivity index (χ3n) is 6.28. The van der Waals surface area contributed by atoms with E-state index in [1.54, 1.807) is 14.2 Å². The molecular formula is C28H30N2O5. The Hall–Kier alpha value is -3.87. The summed E-state index contributed by atoms with van der Waals surface area (Å²) >= 11 is 0. The fourth-order valence-corrected chi connectivity index (χ4v) is 4.68. The molecule has 2 atom stereocenters. The Morgan fingerprint density at radius 1 is 0.857 bits per heavy atom. The molecule has 0 aromatic heterocycles. The lowest BCUT2D eigenvalue weighted by Gasteiger charge is -2.39. The van der Waals surface area contributed by atoms with Crippen molar-refractivity contribution < 1.29 is 23.7 Å². The zero-order chi connectivity index (χ0) is 24.4. The molecule has 0 radical (unpaired) electrons. The van der Waals surface area contributed by atoms with E-state index in [4.69, 9.17) is 28.8 Å². The van der Waals surface area contributed by atoms with E-state index in [0.29, 0.717) is 19.0 Å². The highest BCUT2D eigenvalue weighted by Crippen LogP contribution is 2.52. The summed E-state index contributed by atoms with van der Waals surface area (Å²) in [5.41, 5.74) is 3.94. The van der Waals surface area contributed by atoms with E-state index < -0.39 is 6.23 Å². The summed E-state index contributed by atoms with van der Waals surface area (Å²) < 4.78 is 29.4. The first kappa shape index (κ1) is 22.9. The molecule has 7 heteroatoms. The molecule has 7 nitrogen and oxygen atoms in total. The van der Waals surface area contributed by atoms with Crippen LogP contribution < -0.4 is 23.7 Å². The van der Waals surface area contributed by atoms with Crippen LogP contribution in [0.15, 0.2) is 65.8 Å². The Labute approximate surface area is 205 Å². The number of hydrazone groups is 1. The number of fused-ring (bicyclic) bond motifs is 3. The lowest BCUT2D eigenvalue weighted by molar-refractivity contribution is -0.0226. The predicted octanol–water partition coefficient (Wildman–Crippen LogP) is 5.74. The van der Waals surface area contributed by atoms with Gasteiger partial charge in [0.05, 0.1) is 44.8 Å². The number of methoxy groups -OCH3 is 2. The first-order chi connectivity index (χ1) is 17.2. The van der Waals surface area contributed by atoms with E-state index in [1.165, 1.54) is 0 Å². The van der Waals surface area contributed by atoms with Gasteiger partial charge in [-0.1, -0.05) is 12.1 Å². The second-order valence-electron chi connectivity index (χ2n) is 8.29. The van der Waals surface area contributed by atoms with Gasteiger partial charge in [0.15, 0.2) is 11.5 Å². The Balaban J connectivity index is 1.60. The first-order valence-electron chi connectivity index (χ1n) is 11.9. The molecule has 2 heterocycles. The maximum absolute atomic E-state index is 6.63. The molecule has 2 aliphatic rings. The van der Waals surface area contributed by atoms with Crippen molar-refractivity contribution in [3.8, 4) is 28.7 Å². The van der Waals surface area contributed by atoms with Crippen molar-refractivity contribution in [3.63, 3.8) is 0 Å². The molecule has 0 bridgehead atoms. The van der Waals surface area contributed by atoms with E-state index in [0.717, 1.165) is 51.8 Å². The monoisotopic (exact) mass is 474 g/mol. The minimum Gasteiger partial charge on any atom is -0.497 e. The van der Waals surface area contributed by atoms with Crippen LogP contribution in [-0.2, 0) is 0 Å². The van der Waals surface area contributed by atoms with Crippen molar-refractivity contribution in [2.45, 2.75) is 32.5 Å². The van der Waals surface area contributed by atoms with Crippen LogP contribution in [0.1, 0.15) is 49.2 Å². The number of para-hydroxylation sites is 1. The standard InChI is InChI=1S/C28H30N2O5/c1-5-33-19-12-10-18(11-13-19)23-17-24-21-8-7-9-26(34-6-2)27(21)35-28(30(24)29-23)22-16-20(31-3)14-15-25(22)32-4/h7-16,24,28H,5-6,17H2,1-4H3/t24-,28-/m1/s1. The second kappa shape index (κ2) is 9.78. The van der Waals surface area contributed by atoms with Crippen LogP contribution >= 0.6 is 0 Å². The van der Waals surface area contributed by atoms with Crippen LogP contribution in [0.5, 0.6) is 28.7 Å². The fraction of sp³-hybridized carbons (Fsp3) is 0.321. The number of hydrogen-bond acceptors (Lipinski definition) is 7. The smallest absolute Gasteiger partial charge is 0.217 e. The van der Waals surface area contributed by atoms with Crippen LogP contribution in [0.3, 0.4) is 0 Å². The van der Waals surface area contributed by atoms with Crippen molar-refractivity contribution in [2.24, 2.45) is 5.10 Å². The molecule has 3 aromatic rings. The van der Waals surface area contributed by atoms with E-state index in [1.807, 2.05) is 61.3 Å². The van der Waals surface area contributed by atoms with Gasteiger partial charge in [-0.15, -0.1) is 0 Å². The van der Waals surface area contributed by atoms with Crippen molar-refractivity contribution in [3.05, 3.63) is 77.4 Å². The Morgan fingerprint density at radius 3 is 2.34 bits per heavy atom. The quantitative estimate of drug-likeness (QED) is 0.415. The Morgan fingerprint density at radius 2 is 1.63 bits per heavy atom. The number of ether oxygens (including phenoxy) is 5.